The Balaban J connectivity index is 1.34. The molecule has 2 aromatic rings. The van der Waals surface area contributed by atoms with Crippen LogP contribution in [0.2, 0.25) is 0 Å². The maximum atomic E-state index is 10.3. The molecule has 4 heteroatoms. The van der Waals surface area contributed by atoms with Crippen molar-refractivity contribution in [3.8, 4) is 11.5 Å². The zero-order chi connectivity index (χ0) is 17.9. The molecule has 0 fully saturated rings. The van der Waals surface area contributed by atoms with Crippen LogP contribution in [0.25, 0.3) is 0 Å². The first-order valence-electron chi connectivity index (χ1n) is 9.41. The van der Waals surface area contributed by atoms with E-state index in [0.29, 0.717) is 24.6 Å². The van der Waals surface area contributed by atoms with Crippen molar-refractivity contribution in [3.05, 3.63) is 57.6 Å². The van der Waals surface area contributed by atoms with E-state index in [0.717, 1.165) is 60.8 Å². The van der Waals surface area contributed by atoms with Crippen molar-refractivity contribution in [1.82, 2.24) is 0 Å². The van der Waals surface area contributed by atoms with Gasteiger partial charge in [0.25, 0.3) is 0 Å². The average Bonchev–Trinajstić information content (AvgIpc) is 3.31. The molecule has 134 valence electrons. The van der Waals surface area contributed by atoms with Crippen molar-refractivity contribution in [2.75, 3.05) is 13.1 Å². The summed E-state index contributed by atoms with van der Waals surface area (Å²) >= 11 is 0. The smallest absolute Gasteiger partial charge is 0.127 e. The third-order valence-electron chi connectivity index (χ3n) is 5.39. The fraction of sp³-hybridized carbons (Fsp3) is 0.364. The Bertz CT molecular complexity index is 811. The van der Waals surface area contributed by atoms with Crippen LogP contribution in [0.5, 0.6) is 11.5 Å². The van der Waals surface area contributed by atoms with E-state index in [1.165, 1.54) is 11.1 Å². The van der Waals surface area contributed by atoms with Crippen LogP contribution in [-0.2, 0) is 25.7 Å². The van der Waals surface area contributed by atoms with Gasteiger partial charge in [-0.05, 0) is 72.9 Å². The summed E-state index contributed by atoms with van der Waals surface area (Å²) in [4.78, 5) is 8.76. The highest BCUT2D eigenvalue weighted by Crippen LogP contribution is 2.33. The number of fused-ring (bicyclic) bond motifs is 2. The van der Waals surface area contributed by atoms with E-state index in [1.54, 1.807) is 12.4 Å². The van der Waals surface area contributed by atoms with Crippen molar-refractivity contribution < 1.29 is 10.2 Å². The lowest BCUT2D eigenvalue weighted by Gasteiger charge is -2.06. The fourth-order valence-electron chi connectivity index (χ4n) is 3.98. The molecule has 0 spiro atoms. The highest BCUT2D eigenvalue weighted by atomic mass is 16.3. The predicted molar refractivity (Wildman–Crippen MR) is 105 cm³/mol. The first-order valence-corrected chi connectivity index (χ1v) is 9.41. The second-order valence-electron chi connectivity index (χ2n) is 7.06. The van der Waals surface area contributed by atoms with Gasteiger partial charge >= 0.3 is 0 Å². The summed E-state index contributed by atoms with van der Waals surface area (Å²) in [5, 5.41) is 20.6. The standard InChI is InChI=1S/C22H24N2O2/c25-21-17(9-7-15-3-1-5-19(15)21)13-23-11-12-24-14-18-10-8-16-4-2-6-20(16)22(18)26/h7-10,13-14,25-26H,1-6,11-12H2. The third kappa shape index (κ3) is 3.24. The molecule has 0 amide bonds. The molecule has 26 heavy (non-hydrogen) atoms. The molecule has 2 N–H and O–H groups in total. The lowest BCUT2D eigenvalue weighted by molar-refractivity contribution is 0.467. The summed E-state index contributed by atoms with van der Waals surface area (Å²) in [5.74, 6) is 0.769. The Hall–Kier alpha value is -2.62. The number of hydrogen-bond donors (Lipinski definition) is 2. The molecule has 0 bridgehead atoms. The topological polar surface area (TPSA) is 65.2 Å². The summed E-state index contributed by atoms with van der Waals surface area (Å²) in [6, 6.07) is 8.07. The van der Waals surface area contributed by atoms with Gasteiger partial charge in [-0.25, -0.2) is 0 Å². The second-order valence-corrected chi connectivity index (χ2v) is 7.06. The zero-order valence-electron chi connectivity index (χ0n) is 14.9. The van der Waals surface area contributed by atoms with Gasteiger partial charge < -0.3 is 10.2 Å². The van der Waals surface area contributed by atoms with Gasteiger partial charge in [0.1, 0.15) is 11.5 Å². The summed E-state index contributed by atoms with van der Waals surface area (Å²) in [5.41, 5.74) is 6.26. The first kappa shape index (κ1) is 16.8. The highest BCUT2D eigenvalue weighted by molar-refractivity contribution is 5.85. The van der Waals surface area contributed by atoms with Crippen molar-refractivity contribution in [2.24, 2.45) is 9.98 Å². The maximum Gasteiger partial charge on any atom is 0.127 e. The summed E-state index contributed by atoms with van der Waals surface area (Å²) < 4.78 is 0. The van der Waals surface area contributed by atoms with E-state index in [4.69, 9.17) is 0 Å². The van der Waals surface area contributed by atoms with Crippen LogP contribution in [0.4, 0.5) is 0 Å². The molecule has 0 atom stereocenters. The number of benzene rings is 2. The number of aromatic hydroxyl groups is 2. The molecule has 0 unspecified atom stereocenters. The average molecular weight is 348 g/mol. The fourth-order valence-corrected chi connectivity index (χ4v) is 3.98. The molecule has 0 saturated heterocycles. The molecule has 2 aliphatic carbocycles. The summed E-state index contributed by atoms with van der Waals surface area (Å²) in [7, 11) is 0. The van der Waals surface area contributed by atoms with E-state index < -0.39 is 0 Å². The molecular formula is C22H24N2O2. The Morgan fingerprint density at radius 2 is 1.15 bits per heavy atom. The molecule has 2 aliphatic rings. The Kier molecular flexibility index (Phi) is 4.74. The predicted octanol–water partition coefficient (Wildman–Crippen LogP) is 3.61. The maximum absolute atomic E-state index is 10.3. The third-order valence-corrected chi connectivity index (χ3v) is 5.39. The summed E-state index contributed by atoms with van der Waals surface area (Å²) in [6.07, 6.45) is 9.73. The van der Waals surface area contributed by atoms with Crippen LogP contribution in [0.1, 0.15) is 46.2 Å². The van der Waals surface area contributed by atoms with Crippen LogP contribution >= 0.6 is 0 Å². The Labute approximate surface area is 154 Å². The van der Waals surface area contributed by atoms with Crippen LogP contribution in [0.15, 0.2) is 34.3 Å². The van der Waals surface area contributed by atoms with E-state index >= 15 is 0 Å². The van der Waals surface area contributed by atoms with Gasteiger partial charge in [0.2, 0.25) is 0 Å². The Morgan fingerprint density at radius 1 is 0.692 bits per heavy atom. The van der Waals surface area contributed by atoms with Gasteiger partial charge in [-0.3, -0.25) is 9.98 Å². The Morgan fingerprint density at radius 3 is 1.62 bits per heavy atom. The number of rotatable bonds is 5. The van der Waals surface area contributed by atoms with Gasteiger partial charge in [-0.2, -0.15) is 0 Å². The molecule has 4 rings (SSSR count). The first-order chi connectivity index (χ1) is 12.7. The van der Waals surface area contributed by atoms with Crippen LogP contribution < -0.4 is 0 Å². The van der Waals surface area contributed by atoms with E-state index in [9.17, 15) is 10.2 Å². The minimum Gasteiger partial charge on any atom is -0.507 e. The van der Waals surface area contributed by atoms with E-state index in [-0.39, 0.29) is 0 Å². The number of phenols is 2. The molecule has 2 aromatic carbocycles. The van der Waals surface area contributed by atoms with Crippen molar-refractivity contribution in [2.45, 2.75) is 38.5 Å². The molecule has 4 nitrogen and oxygen atoms in total. The molecule has 0 heterocycles. The van der Waals surface area contributed by atoms with Crippen LogP contribution in [0, 0.1) is 0 Å². The quantitative estimate of drug-likeness (QED) is 0.640. The van der Waals surface area contributed by atoms with Crippen molar-refractivity contribution >= 4 is 12.4 Å². The SMILES string of the molecule is Oc1c(C=NCCN=Cc2ccc3c(c2O)CCC3)ccc2c1CCC2. The van der Waals surface area contributed by atoms with Gasteiger partial charge in [0.05, 0.1) is 13.1 Å². The molecule has 0 radical (unpaired) electrons. The van der Waals surface area contributed by atoms with Gasteiger partial charge in [0.15, 0.2) is 0 Å². The highest BCUT2D eigenvalue weighted by Gasteiger charge is 2.17. The van der Waals surface area contributed by atoms with Crippen molar-refractivity contribution in [1.29, 1.82) is 0 Å². The molecular weight excluding hydrogens is 324 g/mol. The molecule has 0 saturated carbocycles. The van der Waals surface area contributed by atoms with Gasteiger partial charge in [-0.1, -0.05) is 12.1 Å². The lowest BCUT2D eigenvalue weighted by atomic mass is 10.1. The summed E-state index contributed by atoms with van der Waals surface area (Å²) in [6.45, 7) is 1.11. The largest absolute Gasteiger partial charge is 0.507 e. The monoisotopic (exact) mass is 348 g/mol. The van der Waals surface area contributed by atoms with Crippen molar-refractivity contribution in [3.63, 3.8) is 0 Å². The number of hydrogen-bond acceptors (Lipinski definition) is 4. The number of nitrogens with zero attached hydrogens (tertiary/aromatic N) is 2. The molecule has 0 aromatic heterocycles. The molecule has 0 aliphatic heterocycles. The second kappa shape index (κ2) is 7.32. The number of phenolic OH excluding ortho intramolecular Hbond substituents is 2. The minimum absolute atomic E-state index is 0.385. The minimum atomic E-state index is 0.385. The zero-order valence-corrected chi connectivity index (χ0v) is 14.9. The van der Waals surface area contributed by atoms with Gasteiger partial charge in [-0.15, -0.1) is 0 Å². The van der Waals surface area contributed by atoms with E-state index in [1.807, 2.05) is 12.1 Å². The van der Waals surface area contributed by atoms with Crippen LogP contribution in [-0.4, -0.2) is 35.7 Å². The van der Waals surface area contributed by atoms with Gasteiger partial charge in [0, 0.05) is 23.6 Å². The number of aliphatic imine (C=N–C) groups is 2. The normalized spacial score (nSPS) is 15.8. The lowest BCUT2D eigenvalue weighted by Crippen LogP contribution is -1.94. The van der Waals surface area contributed by atoms with Crippen LogP contribution in [0.3, 0.4) is 0 Å². The van der Waals surface area contributed by atoms with E-state index in [2.05, 4.69) is 22.1 Å². The number of aryl methyl sites for hydroxylation is 2.